The smallest absolute Gasteiger partial charge is 0.274 e. The molecular weight excluding hydrogens is 334 g/mol. The topological polar surface area (TPSA) is 101 Å². The van der Waals surface area contributed by atoms with E-state index in [1.165, 1.54) is 13.3 Å². The van der Waals surface area contributed by atoms with E-state index in [1.807, 2.05) is 0 Å². The minimum atomic E-state index is -0.345. The zero-order valence-electron chi connectivity index (χ0n) is 13.0. The largest absolute Gasteiger partial charge is 0.493 e. The number of anilines is 1. The highest BCUT2D eigenvalue weighted by molar-refractivity contribution is 6.32. The Hall–Kier alpha value is -3.05. The van der Waals surface area contributed by atoms with Crippen LogP contribution in [0.4, 0.5) is 5.95 Å². The number of aromatic nitrogens is 3. The lowest BCUT2D eigenvalue weighted by molar-refractivity contribution is 0.331. The summed E-state index contributed by atoms with van der Waals surface area (Å²) in [6.07, 6.45) is 6.64. The summed E-state index contributed by atoms with van der Waals surface area (Å²) >= 11 is 6.16. The van der Waals surface area contributed by atoms with E-state index in [0.29, 0.717) is 22.1 Å². The van der Waals surface area contributed by atoms with Gasteiger partial charge >= 0.3 is 0 Å². The van der Waals surface area contributed by atoms with Crippen molar-refractivity contribution in [3.05, 3.63) is 38.8 Å². The molecule has 1 aromatic heterocycles. The summed E-state index contributed by atoms with van der Waals surface area (Å²) < 4.78 is 10.6. The maximum absolute atomic E-state index is 11.4. The molecule has 8 nitrogen and oxygen atoms in total. The van der Waals surface area contributed by atoms with Gasteiger partial charge in [0.25, 0.3) is 5.56 Å². The monoisotopic (exact) mass is 347 g/mol. The molecule has 0 aliphatic rings. The fourth-order valence-corrected chi connectivity index (χ4v) is 1.95. The van der Waals surface area contributed by atoms with Crippen molar-refractivity contribution in [2.45, 2.75) is 6.92 Å². The maximum Gasteiger partial charge on any atom is 0.274 e. The van der Waals surface area contributed by atoms with Gasteiger partial charge in [0.05, 0.1) is 18.3 Å². The molecule has 9 heteroatoms. The highest BCUT2D eigenvalue weighted by atomic mass is 35.5. The van der Waals surface area contributed by atoms with Gasteiger partial charge in [-0.25, -0.2) is 5.43 Å². The second-order valence-corrected chi connectivity index (χ2v) is 4.89. The first-order chi connectivity index (χ1) is 11.5. The molecule has 0 atom stereocenters. The van der Waals surface area contributed by atoms with Gasteiger partial charge in [0, 0.05) is 0 Å². The minimum absolute atomic E-state index is 0.0739. The highest BCUT2D eigenvalue weighted by Gasteiger charge is 2.11. The number of benzene rings is 1. The second kappa shape index (κ2) is 7.99. The lowest BCUT2D eigenvalue weighted by Gasteiger charge is -2.11. The quantitative estimate of drug-likeness (QED) is 0.467. The summed E-state index contributed by atoms with van der Waals surface area (Å²) in [6.45, 7) is 1.63. The van der Waals surface area contributed by atoms with Gasteiger partial charge in [0.15, 0.2) is 11.5 Å². The maximum atomic E-state index is 11.4. The second-order valence-electron chi connectivity index (χ2n) is 4.49. The molecule has 0 amide bonds. The standard InChI is InChI=1S/C15H14ClN5O3/c1-4-5-24-13-11(16)6-10(7-12(13)23-3)8-17-20-15-18-14(22)9(2)19-21-15/h1,6-8H,5H2,2-3H3,(H2,18,20,21,22). The number of nitrogens with one attached hydrogen (secondary N) is 2. The van der Waals surface area contributed by atoms with Gasteiger partial charge < -0.3 is 9.47 Å². The van der Waals surface area contributed by atoms with Gasteiger partial charge in [0.2, 0.25) is 5.95 Å². The number of aromatic amines is 1. The molecule has 0 aliphatic carbocycles. The SMILES string of the molecule is C#CCOc1c(Cl)cc(C=NNc2nnc(C)c(=O)[nH]2)cc1OC. The molecule has 1 aromatic carbocycles. The Labute approximate surface area is 142 Å². The number of hydrogen-bond donors (Lipinski definition) is 2. The van der Waals surface area contributed by atoms with Crippen LogP contribution in [0.1, 0.15) is 11.3 Å². The fraction of sp³-hybridized carbons (Fsp3) is 0.200. The van der Waals surface area contributed by atoms with Crippen LogP contribution in [-0.2, 0) is 0 Å². The molecule has 2 aromatic rings. The van der Waals surface area contributed by atoms with Crippen molar-refractivity contribution in [3.63, 3.8) is 0 Å². The van der Waals surface area contributed by atoms with E-state index < -0.39 is 0 Å². The number of halogens is 1. The number of rotatable bonds is 6. The summed E-state index contributed by atoms with van der Waals surface area (Å²) in [7, 11) is 1.49. The summed E-state index contributed by atoms with van der Waals surface area (Å²) in [5.41, 5.74) is 3.13. The molecule has 2 N–H and O–H groups in total. The number of H-pyrrole nitrogens is 1. The molecule has 124 valence electrons. The molecule has 0 radical (unpaired) electrons. The first-order valence-electron chi connectivity index (χ1n) is 6.71. The van der Waals surface area contributed by atoms with Gasteiger partial charge in [-0.1, -0.05) is 17.5 Å². The number of methoxy groups -OCH3 is 1. The lowest BCUT2D eigenvalue weighted by Crippen LogP contribution is -2.15. The Morgan fingerprint density at radius 3 is 2.96 bits per heavy atom. The van der Waals surface area contributed by atoms with Crippen LogP contribution >= 0.6 is 11.6 Å². The highest BCUT2D eigenvalue weighted by Crippen LogP contribution is 2.35. The Morgan fingerprint density at radius 2 is 2.29 bits per heavy atom. The predicted octanol–water partition coefficient (Wildman–Crippen LogP) is 1.59. The van der Waals surface area contributed by atoms with E-state index in [0.717, 1.165) is 0 Å². The van der Waals surface area contributed by atoms with Crippen LogP contribution in [0.3, 0.4) is 0 Å². The van der Waals surface area contributed by atoms with Crippen molar-refractivity contribution in [2.75, 3.05) is 19.1 Å². The molecule has 0 bridgehead atoms. The Balaban J connectivity index is 2.17. The van der Waals surface area contributed by atoms with Gasteiger partial charge in [0.1, 0.15) is 12.3 Å². The number of aryl methyl sites for hydroxylation is 1. The lowest BCUT2D eigenvalue weighted by atomic mass is 10.2. The molecule has 0 fully saturated rings. The van der Waals surface area contributed by atoms with Crippen LogP contribution in [0.5, 0.6) is 11.5 Å². The van der Waals surface area contributed by atoms with Gasteiger partial charge in [-0.3, -0.25) is 9.78 Å². The van der Waals surface area contributed by atoms with Crippen LogP contribution in [0.25, 0.3) is 0 Å². The summed E-state index contributed by atoms with van der Waals surface area (Å²) in [4.78, 5) is 13.9. The average molecular weight is 348 g/mol. The van der Waals surface area contributed by atoms with E-state index in [2.05, 4.69) is 31.6 Å². The number of hydrogen-bond acceptors (Lipinski definition) is 7. The zero-order valence-corrected chi connectivity index (χ0v) is 13.7. The molecule has 0 unspecified atom stereocenters. The molecule has 1 heterocycles. The predicted molar refractivity (Wildman–Crippen MR) is 90.9 cm³/mol. The molecular formula is C15H14ClN5O3. The van der Waals surface area contributed by atoms with Crippen LogP contribution < -0.4 is 20.5 Å². The van der Waals surface area contributed by atoms with Crippen LogP contribution in [0.15, 0.2) is 22.0 Å². The van der Waals surface area contributed by atoms with E-state index >= 15 is 0 Å². The first kappa shape index (κ1) is 17.3. The summed E-state index contributed by atoms with van der Waals surface area (Å²) in [6, 6.07) is 3.30. The third-order valence-electron chi connectivity index (χ3n) is 2.80. The molecule has 0 spiro atoms. The third kappa shape index (κ3) is 4.24. The number of ether oxygens (including phenoxy) is 2. The van der Waals surface area contributed by atoms with Gasteiger partial charge in [-0.15, -0.1) is 16.6 Å². The van der Waals surface area contributed by atoms with E-state index in [4.69, 9.17) is 27.5 Å². The van der Waals surface area contributed by atoms with Crippen molar-refractivity contribution in [3.8, 4) is 23.8 Å². The van der Waals surface area contributed by atoms with E-state index in [9.17, 15) is 4.79 Å². The third-order valence-corrected chi connectivity index (χ3v) is 3.08. The van der Waals surface area contributed by atoms with E-state index in [-0.39, 0.29) is 23.8 Å². The fourth-order valence-electron chi connectivity index (χ4n) is 1.68. The number of hydrazone groups is 1. The van der Waals surface area contributed by atoms with Crippen molar-refractivity contribution in [1.29, 1.82) is 0 Å². The van der Waals surface area contributed by atoms with Gasteiger partial charge in [-0.2, -0.15) is 5.10 Å². The summed E-state index contributed by atoms with van der Waals surface area (Å²) in [5, 5.41) is 11.7. The molecule has 0 saturated carbocycles. The minimum Gasteiger partial charge on any atom is -0.493 e. The zero-order chi connectivity index (χ0) is 17.5. The number of terminal acetylenes is 1. The van der Waals surface area contributed by atoms with Gasteiger partial charge in [-0.05, 0) is 24.6 Å². The van der Waals surface area contributed by atoms with E-state index in [1.54, 1.807) is 19.1 Å². The Morgan fingerprint density at radius 1 is 1.50 bits per heavy atom. The van der Waals surface area contributed by atoms with Crippen molar-refractivity contribution < 1.29 is 9.47 Å². The molecule has 0 saturated heterocycles. The Kier molecular flexibility index (Phi) is 5.76. The molecule has 24 heavy (non-hydrogen) atoms. The average Bonchev–Trinajstić information content (AvgIpc) is 2.56. The van der Waals surface area contributed by atoms with Crippen molar-refractivity contribution in [1.82, 2.24) is 15.2 Å². The molecule has 2 rings (SSSR count). The van der Waals surface area contributed by atoms with Crippen molar-refractivity contribution >= 4 is 23.8 Å². The number of nitrogens with zero attached hydrogens (tertiary/aromatic N) is 3. The molecule has 0 aliphatic heterocycles. The summed E-state index contributed by atoms with van der Waals surface area (Å²) in [5.74, 6) is 3.25. The van der Waals surface area contributed by atoms with Crippen LogP contribution in [-0.4, -0.2) is 35.1 Å². The normalized spacial score (nSPS) is 10.4. The Bertz CT molecular complexity index is 857. The van der Waals surface area contributed by atoms with Crippen molar-refractivity contribution in [2.24, 2.45) is 5.10 Å². The van der Waals surface area contributed by atoms with Crippen LogP contribution in [0.2, 0.25) is 5.02 Å². The first-order valence-corrected chi connectivity index (χ1v) is 7.09. The van der Waals surface area contributed by atoms with Crippen LogP contribution in [0, 0.1) is 19.3 Å².